The zero-order chi connectivity index (χ0) is 9.72. The number of rotatable bonds is 3. The first kappa shape index (κ1) is 11.5. The molecule has 0 bridgehead atoms. The van der Waals surface area contributed by atoms with Crippen LogP contribution in [-0.4, -0.2) is 18.2 Å². The van der Waals surface area contributed by atoms with Crippen molar-refractivity contribution in [1.82, 2.24) is 5.32 Å². The Balaban J connectivity index is 4.39. The van der Waals surface area contributed by atoms with E-state index < -0.39 is 5.91 Å². The standard InChI is InChI=1S/C7H10Cl2N2O/c1-4(2)11-7(12)6(9)5(8)3-10/h3-4,10H,1-2H3,(H,11,12)/b6-5-,10-3?. The highest BCUT2D eigenvalue weighted by Gasteiger charge is 2.10. The summed E-state index contributed by atoms with van der Waals surface area (Å²) in [5.74, 6) is -0.458. The van der Waals surface area contributed by atoms with Gasteiger partial charge in [0.25, 0.3) is 5.91 Å². The van der Waals surface area contributed by atoms with E-state index in [4.69, 9.17) is 28.6 Å². The van der Waals surface area contributed by atoms with Crippen LogP contribution in [-0.2, 0) is 4.79 Å². The van der Waals surface area contributed by atoms with Gasteiger partial charge in [-0.3, -0.25) is 4.79 Å². The van der Waals surface area contributed by atoms with Crippen molar-refractivity contribution in [3.05, 3.63) is 10.1 Å². The maximum absolute atomic E-state index is 11.1. The van der Waals surface area contributed by atoms with E-state index in [1.54, 1.807) is 13.8 Å². The summed E-state index contributed by atoms with van der Waals surface area (Å²) in [7, 11) is 0. The normalized spacial score (nSPS) is 12.4. The molecule has 3 nitrogen and oxygen atoms in total. The first-order valence-corrected chi connectivity index (χ1v) is 4.11. The number of allylic oxidation sites excluding steroid dienone is 1. The van der Waals surface area contributed by atoms with Crippen LogP contribution < -0.4 is 5.32 Å². The molecule has 2 N–H and O–H groups in total. The van der Waals surface area contributed by atoms with Gasteiger partial charge in [0.2, 0.25) is 0 Å². The van der Waals surface area contributed by atoms with E-state index in [9.17, 15) is 4.79 Å². The van der Waals surface area contributed by atoms with Crippen molar-refractivity contribution in [2.45, 2.75) is 19.9 Å². The number of amides is 1. The average molecular weight is 209 g/mol. The summed E-state index contributed by atoms with van der Waals surface area (Å²) in [5, 5.41) is 9.06. The summed E-state index contributed by atoms with van der Waals surface area (Å²) in [6.07, 6.45) is 0.823. The van der Waals surface area contributed by atoms with Crippen LogP contribution in [0.5, 0.6) is 0 Å². The van der Waals surface area contributed by atoms with Crippen LogP contribution in [0.15, 0.2) is 10.1 Å². The fourth-order valence-corrected chi connectivity index (χ4v) is 0.692. The molecule has 0 aromatic carbocycles. The Morgan fingerprint density at radius 1 is 1.50 bits per heavy atom. The third-order valence-corrected chi connectivity index (χ3v) is 1.73. The van der Waals surface area contributed by atoms with Gasteiger partial charge in [-0.1, -0.05) is 23.2 Å². The second-order valence-corrected chi connectivity index (χ2v) is 3.22. The smallest absolute Gasteiger partial charge is 0.264 e. The van der Waals surface area contributed by atoms with Gasteiger partial charge in [0.05, 0.1) is 5.03 Å². The Kier molecular flexibility index (Phi) is 4.93. The van der Waals surface area contributed by atoms with Crippen LogP contribution in [0, 0.1) is 5.41 Å². The van der Waals surface area contributed by atoms with Crippen molar-refractivity contribution in [3.63, 3.8) is 0 Å². The lowest BCUT2D eigenvalue weighted by Crippen LogP contribution is -2.30. The SMILES string of the molecule is CC(C)NC(=O)/C(Cl)=C(/Cl)C=N. The molecule has 0 aliphatic heterocycles. The van der Waals surface area contributed by atoms with E-state index in [2.05, 4.69) is 5.32 Å². The zero-order valence-corrected chi connectivity index (χ0v) is 8.33. The molecule has 0 heterocycles. The number of nitrogens with one attached hydrogen (secondary N) is 2. The van der Waals surface area contributed by atoms with Crippen LogP contribution in [0.1, 0.15) is 13.8 Å². The second-order valence-electron chi connectivity index (χ2n) is 2.43. The lowest BCUT2D eigenvalue weighted by Gasteiger charge is -2.06. The molecule has 1 amide bonds. The molecule has 0 aromatic heterocycles. The fraction of sp³-hybridized carbons (Fsp3) is 0.429. The van der Waals surface area contributed by atoms with Gasteiger partial charge >= 0.3 is 0 Å². The molecule has 0 unspecified atom stereocenters. The summed E-state index contributed by atoms with van der Waals surface area (Å²) in [5.41, 5.74) is 0. The van der Waals surface area contributed by atoms with Gasteiger partial charge in [-0.2, -0.15) is 0 Å². The largest absolute Gasteiger partial charge is 0.349 e. The van der Waals surface area contributed by atoms with E-state index in [1.807, 2.05) is 0 Å². The molecule has 5 heteroatoms. The Morgan fingerprint density at radius 2 is 2.00 bits per heavy atom. The number of carbonyl (C=O) groups excluding carboxylic acids is 1. The zero-order valence-electron chi connectivity index (χ0n) is 6.82. The molecule has 0 radical (unpaired) electrons. The van der Waals surface area contributed by atoms with Gasteiger partial charge in [0.1, 0.15) is 5.03 Å². The second kappa shape index (κ2) is 5.17. The van der Waals surface area contributed by atoms with Crippen molar-refractivity contribution in [2.75, 3.05) is 0 Å². The quantitative estimate of drug-likeness (QED) is 0.540. The minimum atomic E-state index is -0.458. The van der Waals surface area contributed by atoms with Crippen molar-refractivity contribution < 1.29 is 4.79 Å². The third kappa shape index (κ3) is 3.74. The van der Waals surface area contributed by atoms with Crippen molar-refractivity contribution in [2.24, 2.45) is 0 Å². The van der Waals surface area contributed by atoms with Gasteiger partial charge < -0.3 is 10.7 Å². The molecular formula is C7H10Cl2N2O. The maximum Gasteiger partial charge on any atom is 0.264 e. The summed E-state index contributed by atoms with van der Waals surface area (Å²) < 4.78 is 0. The monoisotopic (exact) mass is 208 g/mol. The lowest BCUT2D eigenvalue weighted by atomic mass is 10.3. The summed E-state index contributed by atoms with van der Waals surface area (Å²) in [6, 6.07) is 0.00134. The third-order valence-electron chi connectivity index (χ3n) is 0.956. The minimum absolute atomic E-state index is 0.00134. The van der Waals surface area contributed by atoms with E-state index in [0.29, 0.717) is 0 Å². The molecule has 0 saturated heterocycles. The summed E-state index contributed by atoms with van der Waals surface area (Å²) in [4.78, 5) is 11.1. The Hall–Kier alpha value is -0.540. The van der Waals surface area contributed by atoms with Gasteiger partial charge in [0, 0.05) is 12.3 Å². The van der Waals surface area contributed by atoms with Gasteiger partial charge in [-0.05, 0) is 13.8 Å². The molecule has 0 rings (SSSR count). The highest BCUT2D eigenvalue weighted by Crippen LogP contribution is 2.11. The first-order chi connectivity index (χ1) is 5.49. The van der Waals surface area contributed by atoms with E-state index in [1.165, 1.54) is 0 Å². The summed E-state index contributed by atoms with van der Waals surface area (Å²) >= 11 is 10.9. The molecular weight excluding hydrogens is 199 g/mol. The number of halogens is 2. The number of hydrogen-bond donors (Lipinski definition) is 2. The predicted octanol–water partition coefficient (Wildman–Crippen LogP) is 1.85. The Bertz CT molecular complexity index is 223. The van der Waals surface area contributed by atoms with Gasteiger partial charge in [0.15, 0.2) is 0 Å². The van der Waals surface area contributed by atoms with Crippen LogP contribution in [0.3, 0.4) is 0 Å². The molecule has 0 aliphatic rings. The molecule has 0 atom stereocenters. The van der Waals surface area contributed by atoms with Crippen molar-refractivity contribution >= 4 is 35.3 Å². The molecule has 0 aliphatic carbocycles. The highest BCUT2D eigenvalue weighted by atomic mass is 35.5. The van der Waals surface area contributed by atoms with E-state index in [0.717, 1.165) is 6.21 Å². The molecule has 0 saturated carbocycles. The molecule has 12 heavy (non-hydrogen) atoms. The van der Waals surface area contributed by atoms with Crippen molar-refractivity contribution in [1.29, 1.82) is 5.41 Å². The lowest BCUT2D eigenvalue weighted by molar-refractivity contribution is -0.117. The van der Waals surface area contributed by atoms with Crippen LogP contribution in [0.25, 0.3) is 0 Å². The molecule has 0 aromatic rings. The average Bonchev–Trinajstić information content (AvgIpc) is 2.00. The highest BCUT2D eigenvalue weighted by molar-refractivity contribution is 6.52. The predicted molar refractivity (Wildman–Crippen MR) is 50.8 cm³/mol. The van der Waals surface area contributed by atoms with Gasteiger partial charge in [-0.25, -0.2) is 0 Å². The minimum Gasteiger partial charge on any atom is -0.349 e. The first-order valence-electron chi connectivity index (χ1n) is 3.35. The van der Waals surface area contributed by atoms with E-state index in [-0.39, 0.29) is 16.1 Å². The van der Waals surface area contributed by atoms with Crippen LogP contribution >= 0.6 is 23.2 Å². The molecule has 0 fully saturated rings. The number of hydrogen-bond acceptors (Lipinski definition) is 2. The molecule has 0 spiro atoms. The van der Waals surface area contributed by atoms with Crippen molar-refractivity contribution in [3.8, 4) is 0 Å². The Morgan fingerprint density at radius 3 is 2.33 bits per heavy atom. The molecule has 68 valence electrons. The topological polar surface area (TPSA) is 53.0 Å². The summed E-state index contributed by atoms with van der Waals surface area (Å²) in [6.45, 7) is 3.61. The van der Waals surface area contributed by atoms with Gasteiger partial charge in [-0.15, -0.1) is 0 Å². The maximum atomic E-state index is 11.1. The van der Waals surface area contributed by atoms with E-state index >= 15 is 0 Å². The van der Waals surface area contributed by atoms with Crippen LogP contribution in [0.2, 0.25) is 0 Å². The number of carbonyl (C=O) groups is 1. The fourth-order valence-electron chi connectivity index (χ4n) is 0.497. The Labute approximate surface area is 81.2 Å². The van der Waals surface area contributed by atoms with Crippen LogP contribution in [0.4, 0.5) is 0 Å².